The molecule has 0 aromatic heterocycles. The smallest absolute Gasteiger partial charge is 0.0935 e. The van der Waals surface area contributed by atoms with Crippen LogP contribution in [0, 0.1) is 5.92 Å². The highest BCUT2D eigenvalue weighted by atomic mass is 35.5. The SMILES string of the molecule is Cl.Cl.NCC1(O)CN2CCCC1C2. The summed E-state index contributed by atoms with van der Waals surface area (Å²) in [5.41, 5.74) is 4.99. The summed E-state index contributed by atoms with van der Waals surface area (Å²) >= 11 is 0. The van der Waals surface area contributed by atoms with Crippen LogP contribution in [0.25, 0.3) is 0 Å². The average molecular weight is 229 g/mol. The van der Waals surface area contributed by atoms with Crippen LogP contribution in [0.15, 0.2) is 0 Å². The van der Waals surface area contributed by atoms with Crippen LogP contribution < -0.4 is 5.73 Å². The Balaban J connectivity index is 0.000000720. The molecule has 2 fully saturated rings. The summed E-state index contributed by atoms with van der Waals surface area (Å²) in [6, 6.07) is 0. The number of halogens is 2. The highest BCUT2D eigenvalue weighted by Crippen LogP contribution is 2.34. The Bertz CT molecular complexity index is 170. The second-order valence-corrected chi connectivity index (χ2v) is 3.88. The quantitative estimate of drug-likeness (QED) is 0.677. The van der Waals surface area contributed by atoms with Crippen LogP contribution in [-0.4, -0.2) is 41.8 Å². The fourth-order valence-electron chi connectivity index (χ4n) is 2.39. The van der Waals surface area contributed by atoms with Gasteiger partial charge in [0, 0.05) is 25.6 Å². The molecule has 0 spiro atoms. The Kier molecular flexibility index (Phi) is 4.97. The molecule has 2 rings (SSSR count). The van der Waals surface area contributed by atoms with Crippen LogP contribution in [0.3, 0.4) is 0 Å². The van der Waals surface area contributed by atoms with E-state index >= 15 is 0 Å². The van der Waals surface area contributed by atoms with Gasteiger partial charge in [-0.15, -0.1) is 24.8 Å². The molecule has 2 aliphatic rings. The van der Waals surface area contributed by atoms with Crippen LogP contribution >= 0.6 is 24.8 Å². The standard InChI is InChI=1S/C8H16N2O.2ClH/c9-5-8(11)6-10-3-1-2-7(8)4-10;;/h7,11H,1-6,9H2;2*1H. The van der Waals surface area contributed by atoms with Gasteiger partial charge in [-0.05, 0) is 19.4 Å². The topological polar surface area (TPSA) is 49.5 Å². The van der Waals surface area contributed by atoms with Crippen molar-refractivity contribution in [1.29, 1.82) is 0 Å². The third kappa shape index (κ3) is 2.28. The van der Waals surface area contributed by atoms with Gasteiger partial charge in [-0.25, -0.2) is 0 Å². The number of fused-ring (bicyclic) bond motifs is 2. The van der Waals surface area contributed by atoms with E-state index in [2.05, 4.69) is 4.90 Å². The van der Waals surface area contributed by atoms with Crippen LogP contribution in [0.4, 0.5) is 0 Å². The van der Waals surface area contributed by atoms with Crippen LogP contribution in [0.5, 0.6) is 0 Å². The minimum Gasteiger partial charge on any atom is -0.387 e. The molecule has 5 heteroatoms. The van der Waals surface area contributed by atoms with E-state index < -0.39 is 5.60 Å². The molecule has 0 aromatic rings. The van der Waals surface area contributed by atoms with Crippen molar-refractivity contribution in [3.63, 3.8) is 0 Å². The summed E-state index contributed by atoms with van der Waals surface area (Å²) in [5.74, 6) is 0.446. The first kappa shape index (κ1) is 13.5. The van der Waals surface area contributed by atoms with E-state index in [0.29, 0.717) is 12.5 Å². The third-order valence-corrected chi connectivity index (χ3v) is 3.12. The molecular weight excluding hydrogens is 211 g/mol. The molecule has 3 nitrogen and oxygen atoms in total. The molecule has 0 amide bonds. The maximum atomic E-state index is 10.0. The van der Waals surface area contributed by atoms with Crippen molar-refractivity contribution >= 4 is 24.8 Å². The maximum Gasteiger partial charge on any atom is 0.0935 e. The second-order valence-electron chi connectivity index (χ2n) is 3.88. The zero-order chi connectivity index (χ0) is 7.90. The average Bonchev–Trinajstić information content (AvgIpc) is 2.25. The second kappa shape index (κ2) is 4.80. The van der Waals surface area contributed by atoms with Crippen molar-refractivity contribution in [3.8, 4) is 0 Å². The van der Waals surface area contributed by atoms with E-state index in [1.165, 1.54) is 6.42 Å². The lowest BCUT2D eigenvalue weighted by molar-refractivity contribution is 0.0233. The van der Waals surface area contributed by atoms with Gasteiger partial charge in [0.25, 0.3) is 0 Å². The zero-order valence-electron chi connectivity index (χ0n) is 7.61. The van der Waals surface area contributed by atoms with Gasteiger partial charge in [0.05, 0.1) is 5.60 Å². The Morgan fingerprint density at radius 3 is 2.69 bits per heavy atom. The summed E-state index contributed by atoms with van der Waals surface area (Å²) in [4.78, 5) is 2.32. The molecule has 80 valence electrons. The van der Waals surface area contributed by atoms with E-state index in [1.54, 1.807) is 0 Å². The first-order valence-corrected chi connectivity index (χ1v) is 4.39. The lowest BCUT2D eigenvalue weighted by Crippen LogP contribution is -2.44. The Morgan fingerprint density at radius 2 is 2.15 bits per heavy atom. The molecule has 3 atom stereocenters. The van der Waals surface area contributed by atoms with E-state index in [9.17, 15) is 5.11 Å². The molecule has 0 saturated carbocycles. The summed E-state index contributed by atoms with van der Waals surface area (Å²) in [7, 11) is 0. The molecule has 0 aromatic carbocycles. The van der Waals surface area contributed by atoms with Gasteiger partial charge in [0.2, 0.25) is 0 Å². The van der Waals surface area contributed by atoms with Crippen LogP contribution in [-0.2, 0) is 0 Å². The Labute approximate surface area is 91.5 Å². The highest BCUT2D eigenvalue weighted by Gasteiger charge is 2.45. The fourth-order valence-corrected chi connectivity index (χ4v) is 2.39. The molecule has 3 unspecified atom stereocenters. The van der Waals surface area contributed by atoms with Gasteiger partial charge in [-0.2, -0.15) is 0 Å². The summed E-state index contributed by atoms with van der Waals surface area (Å²) in [5, 5.41) is 10.0. The highest BCUT2D eigenvalue weighted by molar-refractivity contribution is 5.85. The molecule has 3 N–H and O–H groups in total. The number of hydrogen-bond acceptors (Lipinski definition) is 3. The van der Waals surface area contributed by atoms with E-state index in [1.807, 2.05) is 0 Å². The molecule has 2 heterocycles. The third-order valence-electron chi connectivity index (χ3n) is 3.12. The lowest BCUT2D eigenvalue weighted by Gasteiger charge is -2.26. The van der Waals surface area contributed by atoms with E-state index in [-0.39, 0.29) is 24.8 Å². The van der Waals surface area contributed by atoms with E-state index in [4.69, 9.17) is 5.73 Å². The number of piperidine rings is 1. The number of aliphatic hydroxyl groups is 1. The van der Waals surface area contributed by atoms with Crippen molar-refractivity contribution in [2.45, 2.75) is 18.4 Å². The molecule has 13 heavy (non-hydrogen) atoms. The predicted octanol–water partition coefficient (Wildman–Crippen LogP) is 0.245. The van der Waals surface area contributed by atoms with E-state index in [0.717, 1.165) is 26.1 Å². The Morgan fingerprint density at radius 1 is 1.46 bits per heavy atom. The molecule has 0 radical (unpaired) electrons. The van der Waals surface area contributed by atoms with Crippen molar-refractivity contribution in [2.75, 3.05) is 26.2 Å². The monoisotopic (exact) mass is 228 g/mol. The normalized spacial score (nSPS) is 42.0. The van der Waals surface area contributed by atoms with Gasteiger partial charge in [0.1, 0.15) is 0 Å². The number of rotatable bonds is 1. The number of hydrogen-bond donors (Lipinski definition) is 2. The van der Waals surface area contributed by atoms with Gasteiger partial charge in [0.15, 0.2) is 0 Å². The minimum atomic E-state index is -0.559. The summed E-state index contributed by atoms with van der Waals surface area (Å²) < 4.78 is 0. The van der Waals surface area contributed by atoms with Crippen molar-refractivity contribution in [1.82, 2.24) is 4.90 Å². The van der Waals surface area contributed by atoms with Crippen LogP contribution in [0.1, 0.15) is 12.8 Å². The summed E-state index contributed by atoms with van der Waals surface area (Å²) in [6.07, 6.45) is 2.39. The van der Waals surface area contributed by atoms with Gasteiger partial charge < -0.3 is 15.7 Å². The van der Waals surface area contributed by atoms with Gasteiger partial charge in [-0.3, -0.25) is 0 Å². The largest absolute Gasteiger partial charge is 0.387 e. The molecule has 2 bridgehead atoms. The number of nitrogens with two attached hydrogens (primary N) is 1. The number of nitrogens with zero attached hydrogens (tertiary/aromatic N) is 1. The van der Waals surface area contributed by atoms with Gasteiger partial charge >= 0.3 is 0 Å². The lowest BCUT2D eigenvalue weighted by atomic mass is 9.87. The Hall–Kier alpha value is 0.460. The van der Waals surface area contributed by atoms with Crippen molar-refractivity contribution < 1.29 is 5.11 Å². The summed E-state index contributed by atoms with van der Waals surface area (Å²) in [6.45, 7) is 3.44. The maximum absolute atomic E-state index is 10.0. The first-order valence-electron chi connectivity index (χ1n) is 4.39. The van der Waals surface area contributed by atoms with Gasteiger partial charge in [-0.1, -0.05) is 0 Å². The molecule has 2 saturated heterocycles. The zero-order valence-corrected chi connectivity index (χ0v) is 9.24. The van der Waals surface area contributed by atoms with Crippen molar-refractivity contribution in [2.24, 2.45) is 11.7 Å². The first-order chi connectivity index (χ1) is 5.24. The fraction of sp³-hybridized carbons (Fsp3) is 1.00. The molecule has 0 aliphatic carbocycles. The molecule has 2 aliphatic heterocycles. The predicted molar refractivity (Wildman–Crippen MR) is 57.7 cm³/mol. The van der Waals surface area contributed by atoms with Crippen LogP contribution in [0.2, 0.25) is 0 Å². The van der Waals surface area contributed by atoms with Crippen molar-refractivity contribution in [3.05, 3.63) is 0 Å². The molecular formula is C8H18Cl2N2O. The minimum absolute atomic E-state index is 0.